The Labute approximate surface area is 124 Å². The van der Waals surface area contributed by atoms with Crippen molar-refractivity contribution in [2.24, 2.45) is 5.73 Å². The van der Waals surface area contributed by atoms with Crippen molar-refractivity contribution in [1.82, 2.24) is 0 Å². The fourth-order valence-corrected chi connectivity index (χ4v) is 2.46. The summed E-state index contributed by atoms with van der Waals surface area (Å²) in [5.41, 5.74) is 12.0. The summed E-state index contributed by atoms with van der Waals surface area (Å²) in [7, 11) is 0. The number of carbonyl (C=O) groups excluding carboxylic acids is 2. The number of nitrogens with two attached hydrogens (primary N) is 2. The molecule has 1 aromatic carbocycles. The third-order valence-electron chi connectivity index (χ3n) is 2.58. The van der Waals surface area contributed by atoms with E-state index in [1.807, 2.05) is 0 Å². The van der Waals surface area contributed by atoms with Crippen molar-refractivity contribution in [2.45, 2.75) is 6.61 Å². The predicted octanol–water partition coefficient (Wildman–Crippen LogP) is 2.44. The van der Waals surface area contributed by atoms with Crippen LogP contribution in [0.3, 0.4) is 0 Å². The predicted molar refractivity (Wildman–Crippen MR) is 77.8 cm³/mol. The number of thiophene rings is 1. The number of hydrogen-bond donors (Lipinski definition) is 2. The number of hydrogen-bond acceptors (Lipinski definition) is 5. The lowest BCUT2D eigenvalue weighted by molar-refractivity contribution is 0.0479. The summed E-state index contributed by atoms with van der Waals surface area (Å²) in [5.74, 6) is -1.07. The van der Waals surface area contributed by atoms with E-state index in [0.717, 1.165) is 0 Å². The number of ether oxygens (including phenoxy) is 1. The lowest BCUT2D eigenvalue weighted by Crippen LogP contribution is -2.11. The van der Waals surface area contributed by atoms with Gasteiger partial charge in [0.25, 0.3) is 0 Å². The van der Waals surface area contributed by atoms with Gasteiger partial charge >= 0.3 is 5.97 Å². The Kier molecular flexibility index (Phi) is 4.26. The smallest absolute Gasteiger partial charge is 0.350 e. The molecule has 0 spiro atoms. The first-order chi connectivity index (χ1) is 9.49. The fraction of sp³-hybridized carbons (Fsp3) is 0.0769. The standard InChI is InChI=1S/C13H11ClN2O3S/c14-9-5-7(12(16)17)1-2-8(9)6-19-13(18)11-10(15)3-4-20-11/h1-5H,6,15H2,(H2,16,17). The van der Waals surface area contributed by atoms with Crippen molar-refractivity contribution in [2.75, 3.05) is 5.73 Å². The van der Waals surface area contributed by atoms with Gasteiger partial charge in [-0.15, -0.1) is 11.3 Å². The number of esters is 1. The zero-order valence-corrected chi connectivity index (χ0v) is 11.8. The van der Waals surface area contributed by atoms with Crippen LogP contribution in [0.5, 0.6) is 0 Å². The van der Waals surface area contributed by atoms with Gasteiger partial charge in [-0.1, -0.05) is 17.7 Å². The van der Waals surface area contributed by atoms with E-state index in [1.165, 1.54) is 23.5 Å². The van der Waals surface area contributed by atoms with Crippen molar-refractivity contribution in [3.8, 4) is 0 Å². The van der Waals surface area contributed by atoms with Gasteiger partial charge in [0, 0.05) is 16.1 Å². The summed E-state index contributed by atoms with van der Waals surface area (Å²) in [4.78, 5) is 23.1. The largest absolute Gasteiger partial charge is 0.457 e. The van der Waals surface area contributed by atoms with Crippen LogP contribution in [0.25, 0.3) is 0 Å². The number of benzene rings is 1. The van der Waals surface area contributed by atoms with Gasteiger partial charge in [-0.05, 0) is 23.6 Å². The summed E-state index contributed by atoms with van der Waals surface area (Å²) in [6.07, 6.45) is 0. The molecule has 1 amide bonds. The van der Waals surface area contributed by atoms with E-state index < -0.39 is 11.9 Å². The quantitative estimate of drug-likeness (QED) is 0.848. The molecule has 0 aliphatic rings. The molecule has 5 nitrogen and oxygen atoms in total. The Bertz CT molecular complexity index is 669. The minimum Gasteiger partial charge on any atom is -0.457 e. The van der Waals surface area contributed by atoms with Gasteiger partial charge < -0.3 is 16.2 Å². The van der Waals surface area contributed by atoms with Gasteiger partial charge in [-0.3, -0.25) is 4.79 Å². The van der Waals surface area contributed by atoms with Gasteiger partial charge in [0.1, 0.15) is 11.5 Å². The van der Waals surface area contributed by atoms with Crippen molar-refractivity contribution in [1.29, 1.82) is 0 Å². The van der Waals surface area contributed by atoms with Crippen molar-refractivity contribution >= 4 is 40.5 Å². The molecule has 1 aromatic heterocycles. The SMILES string of the molecule is NC(=O)c1ccc(COC(=O)c2sccc2N)c(Cl)c1. The highest BCUT2D eigenvalue weighted by atomic mass is 35.5. The summed E-state index contributed by atoms with van der Waals surface area (Å²) in [5, 5.41) is 2.02. The van der Waals surface area contributed by atoms with Crippen LogP contribution in [0.15, 0.2) is 29.6 Å². The average molecular weight is 311 g/mol. The molecule has 0 saturated heterocycles. The zero-order valence-electron chi connectivity index (χ0n) is 10.3. The molecule has 0 saturated carbocycles. The molecule has 0 bridgehead atoms. The number of halogens is 1. The molecule has 0 atom stereocenters. The van der Waals surface area contributed by atoms with Crippen LogP contribution in [0.4, 0.5) is 5.69 Å². The minimum absolute atomic E-state index is 0.00590. The summed E-state index contributed by atoms with van der Waals surface area (Å²) in [6, 6.07) is 6.19. The highest BCUT2D eigenvalue weighted by Gasteiger charge is 2.14. The second kappa shape index (κ2) is 5.94. The van der Waals surface area contributed by atoms with Gasteiger partial charge in [0.15, 0.2) is 0 Å². The minimum atomic E-state index is -0.568. The number of primary amides is 1. The first-order valence-electron chi connectivity index (χ1n) is 5.57. The molecule has 7 heteroatoms. The maximum absolute atomic E-state index is 11.8. The lowest BCUT2D eigenvalue weighted by atomic mass is 10.1. The number of amides is 1. The fourth-order valence-electron chi connectivity index (χ4n) is 1.51. The molecule has 0 aliphatic carbocycles. The Morgan fingerprint density at radius 1 is 1.30 bits per heavy atom. The first-order valence-corrected chi connectivity index (χ1v) is 6.83. The van der Waals surface area contributed by atoms with Gasteiger partial charge in [0.05, 0.1) is 5.69 Å². The van der Waals surface area contributed by atoms with Crippen LogP contribution >= 0.6 is 22.9 Å². The number of carbonyl (C=O) groups is 2. The zero-order chi connectivity index (χ0) is 14.7. The second-order valence-corrected chi connectivity index (χ2v) is 5.27. The monoisotopic (exact) mass is 310 g/mol. The van der Waals surface area contributed by atoms with Crippen molar-refractivity contribution < 1.29 is 14.3 Å². The molecule has 1 heterocycles. The van der Waals surface area contributed by atoms with E-state index in [9.17, 15) is 9.59 Å². The molecule has 104 valence electrons. The molecule has 0 radical (unpaired) electrons. The summed E-state index contributed by atoms with van der Waals surface area (Å²) < 4.78 is 5.13. The Morgan fingerprint density at radius 2 is 2.05 bits per heavy atom. The number of nitrogen functional groups attached to an aromatic ring is 1. The topological polar surface area (TPSA) is 95.4 Å². The molecular weight excluding hydrogens is 300 g/mol. The van der Waals surface area contributed by atoms with Crippen molar-refractivity contribution in [3.63, 3.8) is 0 Å². The molecule has 0 fully saturated rings. The molecule has 2 aromatic rings. The third-order valence-corrected chi connectivity index (χ3v) is 3.84. The lowest BCUT2D eigenvalue weighted by Gasteiger charge is -2.07. The van der Waals surface area contributed by atoms with Crippen LogP contribution in [-0.2, 0) is 11.3 Å². The molecular formula is C13H11ClN2O3S. The molecule has 0 unspecified atom stereocenters. The maximum Gasteiger partial charge on any atom is 0.350 e. The van der Waals surface area contributed by atoms with Gasteiger partial charge in [-0.2, -0.15) is 0 Å². The second-order valence-electron chi connectivity index (χ2n) is 3.95. The van der Waals surface area contributed by atoms with E-state index in [4.69, 9.17) is 27.8 Å². The van der Waals surface area contributed by atoms with Crippen LogP contribution in [0.2, 0.25) is 5.02 Å². The van der Waals surface area contributed by atoms with Gasteiger partial charge in [-0.25, -0.2) is 4.79 Å². The molecule has 20 heavy (non-hydrogen) atoms. The Balaban J connectivity index is 2.06. The molecule has 2 rings (SSSR count). The van der Waals surface area contributed by atoms with Crippen LogP contribution in [-0.4, -0.2) is 11.9 Å². The number of anilines is 1. The molecule has 4 N–H and O–H groups in total. The van der Waals surface area contributed by atoms with E-state index in [0.29, 0.717) is 26.7 Å². The Hall–Kier alpha value is -2.05. The molecule has 0 aliphatic heterocycles. The van der Waals surface area contributed by atoms with Crippen LogP contribution < -0.4 is 11.5 Å². The van der Waals surface area contributed by atoms with E-state index in [-0.39, 0.29) is 6.61 Å². The maximum atomic E-state index is 11.8. The highest BCUT2D eigenvalue weighted by Crippen LogP contribution is 2.22. The van der Waals surface area contributed by atoms with Gasteiger partial charge in [0.2, 0.25) is 5.91 Å². The highest BCUT2D eigenvalue weighted by molar-refractivity contribution is 7.12. The summed E-state index contributed by atoms with van der Waals surface area (Å²) in [6.45, 7) is -0.00590. The third kappa shape index (κ3) is 3.09. The normalized spacial score (nSPS) is 10.2. The summed E-state index contributed by atoms with van der Waals surface area (Å²) >= 11 is 7.20. The number of rotatable bonds is 4. The van der Waals surface area contributed by atoms with Crippen LogP contribution in [0, 0.1) is 0 Å². The van der Waals surface area contributed by atoms with Crippen LogP contribution in [0.1, 0.15) is 25.6 Å². The average Bonchev–Trinajstić information content (AvgIpc) is 2.83. The first kappa shape index (κ1) is 14.4. The van der Waals surface area contributed by atoms with E-state index in [2.05, 4.69) is 0 Å². The Morgan fingerprint density at radius 3 is 2.60 bits per heavy atom. The van der Waals surface area contributed by atoms with E-state index >= 15 is 0 Å². The van der Waals surface area contributed by atoms with Crippen molar-refractivity contribution in [3.05, 3.63) is 50.7 Å². The van der Waals surface area contributed by atoms with E-state index in [1.54, 1.807) is 17.5 Å².